The number of hydrogen-bond acceptors (Lipinski definition) is 2. The largest absolute Gasteiger partial charge is 0.329 e. The van der Waals surface area contributed by atoms with Gasteiger partial charge in [0.15, 0.2) is 0 Å². The maximum Gasteiger partial charge on any atom is 0.0485 e. The summed E-state index contributed by atoms with van der Waals surface area (Å²) in [4.78, 5) is 2.37. The number of nitrogens with zero attached hydrogens (tertiary/aromatic N) is 1. The number of nitrogens with two attached hydrogens (primary N) is 1. The highest BCUT2D eigenvalue weighted by Gasteiger charge is 2.20. The predicted molar refractivity (Wildman–Crippen MR) is 93.5 cm³/mol. The van der Waals surface area contributed by atoms with Crippen molar-refractivity contribution in [2.75, 3.05) is 13.1 Å². The molecule has 1 atom stereocenters. The third-order valence-electron chi connectivity index (χ3n) is 3.62. The molecule has 0 aliphatic heterocycles. The van der Waals surface area contributed by atoms with Crippen molar-refractivity contribution < 1.29 is 0 Å². The fraction of sp³-hybridized carbons (Fsp3) is 0.294. The SMILES string of the molecule is CCN(Cc1ccccc1)C(CN)c1cc(Cl)ccc1Br. The van der Waals surface area contributed by atoms with E-state index >= 15 is 0 Å². The van der Waals surface area contributed by atoms with Gasteiger partial charge in [-0.1, -0.05) is 64.8 Å². The first-order chi connectivity index (χ1) is 10.2. The van der Waals surface area contributed by atoms with Crippen molar-refractivity contribution >= 4 is 27.5 Å². The van der Waals surface area contributed by atoms with Gasteiger partial charge in [-0.25, -0.2) is 0 Å². The molecular formula is C17H20BrClN2. The Morgan fingerprint density at radius 1 is 1.19 bits per heavy atom. The molecule has 2 nitrogen and oxygen atoms in total. The summed E-state index contributed by atoms with van der Waals surface area (Å²) in [6.07, 6.45) is 0. The van der Waals surface area contributed by atoms with E-state index in [1.165, 1.54) is 5.56 Å². The fourth-order valence-electron chi connectivity index (χ4n) is 2.50. The highest BCUT2D eigenvalue weighted by atomic mass is 79.9. The molecule has 1 unspecified atom stereocenters. The topological polar surface area (TPSA) is 29.3 Å². The van der Waals surface area contributed by atoms with Gasteiger partial charge in [0.2, 0.25) is 0 Å². The molecule has 0 aliphatic carbocycles. The highest BCUT2D eigenvalue weighted by molar-refractivity contribution is 9.10. The van der Waals surface area contributed by atoms with Crippen molar-refractivity contribution in [2.24, 2.45) is 5.73 Å². The van der Waals surface area contributed by atoms with Crippen molar-refractivity contribution in [3.05, 3.63) is 69.2 Å². The van der Waals surface area contributed by atoms with E-state index in [0.29, 0.717) is 6.54 Å². The maximum absolute atomic E-state index is 6.15. The summed E-state index contributed by atoms with van der Waals surface area (Å²) in [5.41, 5.74) is 8.48. The van der Waals surface area contributed by atoms with Crippen molar-refractivity contribution in [3.8, 4) is 0 Å². The Labute approximate surface area is 140 Å². The quantitative estimate of drug-likeness (QED) is 0.807. The molecule has 0 aliphatic rings. The standard InChI is InChI=1S/C17H20BrClN2/c1-2-21(12-13-6-4-3-5-7-13)17(11-20)15-10-14(19)8-9-16(15)18/h3-10,17H,2,11-12,20H2,1H3. The molecule has 2 rings (SSSR count). The second-order valence-corrected chi connectivity index (χ2v) is 6.26. The lowest BCUT2D eigenvalue weighted by atomic mass is 10.0. The average Bonchev–Trinajstić information content (AvgIpc) is 2.51. The molecule has 2 N–H and O–H groups in total. The molecular weight excluding hydrogens is 348 g/mol. The Morgan fingerprint density at radius 2 is 1.90 bits per heavy atom. The summed E-state index contributed by atoms with van der Waals surface area (Å²) >= 11 is 9.76. The van der Waals surface area contributed by atoms with Gasteiger partial charge >= 0.3 is 0 Å². The first-order valence-electron chi connectivity index (χ1n) is 7.08. The minimum Gasteiger partial charge on any atom is -0.329 e. The summed E-state index contributed by atoms with van der Waals surface area (Å²) < 4.78 is 1.05. The smallest absolute Gasteiger partial charge is 0.0485 e. The Bertz CT molecular complexity index is 574. The summed E-state index contributed by atoms with van der Waals surface area (Å²) in [7, 11) is 0. The van der Waals surface area contributed by atoms with E-state index in [4.69, 9.17) is 17.3 Å². The van der Waals surface area contributed by atoms with Crippen LogP contribution < -0.4 is 5.73 Å². The maximum atomic E-state index is 6.15. The van der Waals surface area contributed by atoms with E-state index in [2.05, 4.69) is 52.0 Å². The molecule has 0 radical (unpaired) electrons. The highest BCUT2D eigenvalue weighted by Crippen LogP contribution is 2.30. The first kappa shape index (κ1) is 16.5. The third kappa shape index (κ3) is 4.30. The van der Waals surface area contributed by atoms with Crippen LogP contribution in [0.15, 0.2) is 53.0 Å². The van der Waals surface area contributed by atoms with Crippen molar-refractivity contribution in [1.29, 1.82) is 0 Å². The molecule has 0 saturated carbocycles. The average molecular weight is 368 g/mol. The molecule has 0 amide bonds. The van der Waals surface area contributed by atoms with Crippen LogP contribution in [0.5, 0.6) is 0 Å². The molecule has 2 aromatic rings. The van der Waals surface area contributed by atoms with Crippen LogP contribution >= 0.6 is 27.5 Å². The fourth-order valence-corrected chi connectivity index (χ4v) is 3.19. The van der Waals surface area contributed by atoms with Gasteiger partial charge in [-0.15, -0.1) is 0 Å². The second kappa shape index (κ2) is 7.95. The van der Waals surface area contributed by atoms with Crippen LogP contribution in [0.1, 0.15) is 24.1 Å². The van der Waals surface area contributed by atoms with E-state index in [0.717, 1.165) is 28.1 Å². The lowest BCUT2D eigenvalue weighted by Crippen LogP contribution is -2.33. The zero-order chi connectivity index (χ0) is 15.2. The van der Waals surface area contributed by atoms with Crippen LogP contribution in [0.3, 0.4) is 0 Å². The first-order valence-corrected chi connectivity index (χ1v) is 8.25. The van der Waals surface area contributed by atoms with Crippen LogP contribution in [0.2, 0.25) is 5.02 Å². The molecule has 0 heterocycles. The Hall–Kier alpha value is -0.870. The molecule has 0 saturated heterocycles. The Kier molecular flexibility index (Phi) is 6.24. The second-order valence-electron chi connectivity index (χ2n) is 4.97. The summed E-state index contributed by atoms with van der Waals surface area (Å²) in [5, 5.41) is 0.738. The van der Waals surface area contributed by atoms with Gasteiger partial charge in [0.25, 0.3) is 0 Å². The van der Waals surface area contributed by atoms with Crippen LogP contribution in [0.25, 0.3) is 0 Å². The van der Waals surface area contributed by atoms with Gasteiger partial charge < -0.3 is 5.73 Å². The van der Waals surface area contributed by atoms with E-state index in [-0.39, 0.29) is 6.04 Å². The minimum atomic E-state index is 0.142. The number of benzene rings is 2. The van der Waals surface area contributed by atoms with Gasteiger partial charge in [-0.3, -0.25) is 4.90 Å². The van der Waals surface area contributed by atoms with Gasteiger partial charge in [-0.05, 0) is 35.9 Å². The summed E-state index contributed by atoms with van der Waals surface area (Å²) in [5.74, 6) is 0. The lowest BCUT2D eigenvalue weighted by Gasteiger charge is -2.31. The van der Waals surface area contributed by atoms with E-state index in [1.54, 1.807) is 0 Å². The normalized spacial score (nSPS) is 12.6. The number of halogens is 2. The minimum absolute atomic E-state index is 0.142. The van der Waals surface area contributed by atoms with Crippen molar-refractivity contribution in [3.63, 3.8) is 0 Å². The van der Waals surface area contributed by atoms with Gasteiger partial charge in [-0.2, -0.15) is 0 Å². The molecule has 0 bridgehead atoms. The molecule has 2 aromatic carbocycles. The van der Waals surface area contributed by atoms with E-state index in [1.807, 2.05) is 24.3 Å². The number of likely N-dealkylation sites (N-methyl/N-ethyl adjacent to an activating group) is 1. The summed E-state index contributed by atoms with van der Waals surface area (Å²) in [6, 6.07) is 16.5. The Balaban J connectivity index is 2.27. The van der Waals surface area contributed by atoms with Crippen LogP contribution in [0.4, 0.5) is 0 Å². The third-order valence-corrected chi connectivity index (χ3v) is 4.57. The zero-order valence-corrected chi connectivity index (χ0v) is 14.4. The van der Waals surface area contributed by atoms with Crippen molar-refractivity contribution in [2.45, 2.75) is 19.5 Å². The van der Waals surface area contributed by atoms with E-state index in [9.17, 15) is 0 Å². The lowest BCUT2D eigenvalue weighted by molar-refractivity contribution is 0.203. The van der Waals surface area contributed by atoms with Crippen LogP contribution in [-0.4, -0.2) is 18.0 Å². The Morgan fingerprint density at radius 3 is 2.52 bits per heavy atom. The molecule has 0 spiro atoms. The molecule has 21 heavy (non-hydrogen) atoms. The van der Waals surface area contributed by atoms with Crippen LogP contribution in [-0.2, 0) is 6.54 Å². The molecule has 0 aromatic heterocycles. The molecule has 112 valence electrons. The van der Waals surface area contributed by atoms with Crippen LogP contribution in [0, 0.1) is 0 Å². The monoisotopic (exact) mass is 366 g/mol. The molecule has 4 heteroatoms. The van der Waals surface area contributed by atoms with Gasteiger partial charge in [0.1, 0.15) is 0 Å². The summed E-state index contributed by atoms with van der Waals surface area (Å²) in [6.45, 7) is 4.51. The van der Waals surface area contributed by atoms with E-state index < -0.39 is 0 Å². The van der Waals surface area contributed by atoms with Gasteiger partial charge in [0, 0.05) is 28.6 Å². The number of hydrogen-bond donors (Lipinski definition) is 1. The number of rotatable bonds is 6. The zero-order valence-electron chi connectivity index (χ0n) is 12.1. The van der Waals surface area contributed by atoms with Gasteiger partial charge in [0.05, 0.1) is 0 Å². The van der Waals surface area contributed by atoms with Crippen molar-refractivity contribution in [1.82, 2.24) is 4.90 Å². The molecule has 0 fully saturated rings. The predicted octanol–water partition coefficient (Wildman–Crippen LogP) is 4.62.